The Hall–Kier alpha value is -3.33. The maximum atomic E-state index is 13.0. The Balaban J connectivity index is 1.82. The highest BCUT2D eigenvalue weighted by Crippen LogP contribution is 2.31. The molecule has 0 atom stereocenters. The van der Waals surface area contributed by atoms with E-state index in [1.54, 1.807) is 29.2 Å². The smallest absolute Gasteiger partial charge is 0.379 e. The molecule has 1 amide bonds. The van der Waals surface area contributed by atoms with Crippen LogP contribution in [0.25, 0.3) is 0 Å². The lowest BCUT2D eigenvalue weighted by atomic mass is 10.1. The van der Waals surface area contributed by atoms with Crippen LogP contribution < -0.4 is 4.18 Å². The van der Waals surface area contributed by atoms with Gasteiger partial charge in [0, 0.05) is 18.2 Å². The van der Waals surface area contributed by atoms with Crippen molar-refractivity contribution < 1.29 is 30.6 Å². The molecule has 3 aromatic carbocycles. The zero-order chi connectivity index (χ0) is 25.1. The summed E-state index contributed by atoms with van der Waals surface area (Å²) >= 11 is 0. The number of benzene rings is 3. The molecule has 0 radical (unpaired) electrons. The zero-order valence-corrected chi connectivity index (χ0v) is 19.7. The van der Waals surface area contributed by atoms with Crippen molar-refractivity contribution in [2.24, 2.45) is 0 Å². The van der Waals surface area contributed by atoms with Crippen LogP contribution in [-0.2, 0) is 22.8 Å². The van der Waals surface area contributed by atoms with Gasteiger partial charge in [-0.25, -0.2) is 0 Å². The van der Waals surface area contributed by atoms with Crippen molar-refractivity contribution in [1.82, 2.24) is 4.90 Å². The summed E-state index contributed by atoms with van der Waals surface area (Å²) in [5, 5.41) is 0. The molecule has 0 spiro atoms. The first-order valence-electron chi connectivity index (χ1n) is 10.4. The summed E-state index contributed by atoms with van der Waals surface area (Å²) in [7, 11) is -4.50. The maximum Gasteiger partial charge on any atom is 0.416 e. The van der Waals surface area contributed by atoms with Crippen LogP contribution in [0.3, 0.4) is 0 Å². The number of hydrogen-bond acceptors (Lipinski definition) is 4. The highest BCUT2D eigenvalue weighted by molar-refractivity contribution is 7.87. The van der Waals surface area contributed by atoms with Crippen LogP contribution in [0.1, 0.15) is 40.9 Å². The second-order valence-corrected chi connectivity index (χ2v) is 9.65. The van der Waals surface area contributed by atoms with E-state index in [0.717, 1.165) is 23.8 Å². The maximum absolute atomic E-state index is 13.0. The van der Waals surface area contributed by atoms with Crippen LogP contribution in [0.15, 0.2) is 77.7 Å². The zero-order valence-electron chi connectivity index (χ0n) is 18.8. The van der Waals surface area contributed by atoms with Gasteiger partial charge in [0.1, 0.15) is 10.6 Å². The number of aryl methyl sites for hydroxylation is 1. The Labute approximate surface area is 196 Å². The number of rotatable bonds is 7. The first kappa shape index (κ1) is 25.3. The van der Waals surface area contributed by atoms with Gasteiger partial charge in [0.2, 0.25) is 0 Å². The second-order valence-electron chi connectivity index (χ2n) is 8.10. The van der Waals surface area contributed by atoms with Crippen LogP contribution in [0.2, 0.25) is 0 Å². The van der Waals surface area contributed by atoms with E-state index < -0.39 is 26.8 Å². The number of carbonyl (C=O) groups excluding carboxylic acids is 1. The van der Waals surface area contributed by atoms with Crippen LogP contribution >= 0.6 is 0 Å². The predicted octanol–water partition coefficient (Wildman–Crippen LogP) is 5.83. The van der Waals surface area contributed by atoms with Crippen molar-refractivity contribution in [1.29, 1.82) is 0 Å². The molecule has 3 rings (SSSR count). The standard InChI is InChI=1S/C25H24F3NO4S/c1-17(2)29(24(30)20-12-10-18(3)11-13-20)16-19-6-4-8-22(14-19)33-34(31,32)23-9-5-7-21(15-23)25(26,27)28/h4-15,17H,16H2,1-3H3. The van der Waals surface area contributed by atoms with Gasteiger partial charge < -0.3 is 9.08 Å². The molecule has 0 saturated carbocycles. The van der Waals surface area contributed by atoms with Gasteiger partial charge >= 0.3 is 16.3 Å². The molecule has 0 aromatic heterocycles. The summed E-state index contributed by atoms with van der Waals surface area (Å²) in [5.41, 5.74) is 1.07. The molecule has 3 aromatic rings. The predicted molar refractivity (Wildman–Crippen MR) is 122 cm³/mol. The first-order valence-corrected chi connectivity index (χ1v) is 11.9. The molecule has 0 heterocycles. The third-order valence-electron chi connectivity index (χ3n) is 5.09. The lowest BCUT2D eigenvalue weighted by molar-refractivity contribution is -0.137. The lowest BCUT2D eigenvalue weighted by Crippen LogP contribution is -2.36. The van der Waals surface area contributed by atoms with E-state index in [4.69, 9.17) is 4.18 Å². The molecular formula is C25H24F3NO4S. The molecule has 0 bridgehead atoms. The van der Waals surface area contributed by atoms with Crippen molar-refractivity contribution >= 4 is 16.0 Å². The van der Waals surface area contributed by atoms with Gasteiger partial charge in [-0.05, 0) is 68.8 Å². The molecule has 34 heavy (non-hydrogen) atoms. The third kappa shape index (κ3) is 6.17. The van der Waals surface area contributed by atoms with Gasteiger partial charge in [-0.2, -0.15) is 21.6 Å². The minimum absolute atomic E-state index is 0.0681. The second kappa shape index (κ2) is 9.89. The van der Waals surface area contributed by atoms with Gasteiger partial charge in [0.05, 0.1) is 5.56 Å². The molecule has 5 nitrogen and oxygen atoms in total. The third-order valence-corrected chi connectivity index (χ3v) is 6.33. The van der Waals surface area contributed by atoms with Crippen LogP contribution in [0, 0.1) is 6.92 Å². The van der Waals surface area contributed by atoms with Crippen LogP contribution in [0.5, 0.6) is 5.75 Å². The summed E-state index contributed by atoms with van der Waals surface area (Å²) in [4.78, 5) is 14.0. The van der Waals surface area contributed by atoms with E-state index in [0.29, 0.717) is 17.2 Å². The summed E-state index contributed by atoms with van der Waals surface area (Å²) in [6, 6.07) is 16.5. The van der Waals surface area contributed by atoms with Gasteiger partial charge in [0.15, 0.2) is 0 Å². The molecule has 0 aliphatic rings. The topological polar surface area (TPSA) is 63.7 Å². The number of amides is 1. The number of alkyl halides is 3. The molecule has 0 N–H and O–H groups in total. The number of nitrogens with zero attached hydrogens (tertiary/aromatic N) is 1. The number of carbonyl (C=O) groups is 1. The summed E-state index contributed by atoms with van der Waals surface area (Å²) in [6.07, 6.45) is -4.68. The van der Waals surface area contributed by atoms with Gasteiger partial charge in [-0.1, -0.05) is 35.9 Å². The average Bonchev–Trinajstić information content (AvgIpc) is 2.77. The van der Waals surface area contributed by atoms with Gasteiger partial charge in [0.25, 0.3) is 5.91 Å². The number of hydrogen-bond donors (Lipinski definition) is 0. The molecular weight excluding hydrogens is 467 g/mol. The van der Waals surface area contributed by atoms with Gasteiger partial charge in [-0.3, -0.25) is 4.79 Å². The molecule has 180 valence electrons. The Morgan fingerprint density at radius 3 is 2.24 bits per heavy atom. The summed E-state index contributed by atoms with van der Waals surface area (Å²) < 4.78 is 69.2. The van der Waals surface area contributed by atoms with Crippen molar-refractivity contribution in [3.05, 3.63) is 95.1 Å². The minimum atomic E-state index is -4.68. The molecule has 0 aliphatic carbocycles. The first-order chi connectivity index (χ1) is 15.9. The van der Waals surface area contributed by atoms with Gasteiger partial charge in [-0.15, -0.1) is 0 Å². The normalized spacial score (nSPS) is 12.0. The van der Waals surface area contributed by atoms with E-state index in [1.807, 2.05) is 32.9 Å². The lowest BCUT2D eigenvalue weighted by Gasteiger charge is -2.27. The Morgan fingerprint density at radius 1 is 0.971 bits per heavy atom. The molecule has 0 fully saturated rings. The molecule has 9 heteroatoms. The largest absolute Gasteiger partial charge is 0.416 e. The molecule has 0 unspecified atom stereocenters. The summed E-state index contributed by atoms with van der Waals surface area (Å²) in [5.74, 6) is -0.251. The number of halogens is 3. The highest BCUT2D eigenvalue weighted by atomic mass is 32.2. The molecule has 0 aliphatic heterocycles. The minimum Gasteiger partial charge on any atom is -0.379 e. The Kier molecular flexibility index (Phi) is 7.35. The molecule has 0 saturated heterocycles. The van der Waals surface area contributed by atoms with E-state index in [2.05, 4.69) is 0 Å². The Bertz CT molecular complexity index is 1270. The quantitative estimate of drug-likeness (QED) is 0.390. The van der Waals surface area contributed by atoms with Crippen molar-refractivity contribution in [2.45, 2.75) is 44.4 Å². The monoisotopic (exact) mass is 491 g/mol. The average molecular weight is 492 g/mol. The fourth-order valence-electron chi connectivity index (χ4n) is 3.25. The fourth-order valence-corrected chi connectivity index (χ4v) is 4.22. The van der Waals surface area contributed by atoms with E-state index in [9.17, 15) is 26.4 Å². The van der Waals surface area contributed by atoms with Crippen LogP contribution in [0.4, 0.5) is 13.2 Å². The van der Waals surface area contributed by atoms with Crippen molar-refractivity contribution in [3.63, 3.8) is 0 Å². The van der Waals surface area contributed by atoms with E-state index >= 15 is 0 Å². The van der Waals surface area contributed by atoms with E-state index in [1.165, 1.54) is 12.1 Å². The fraction of sp³-hybridized carbons (Fsp3) is 0.240. The van der Waals surface area contributed by atoms with E-state index in [-0.39, 0.29) is 24.2 Å². The van der Waals surface area contributed by atoms with Crippen molar-refractivity contribution in [3.8, 4) is 5.75 Å². The Morgan fingerprint density at radius 2 is 1.62 bits per heavy atom. The van der Waals surface area contributed by atoms with Crippen molar-refractivity contribution in [2.75, 3.05) is 0 Å². The van der Waals surface area contributed by atoms with Crippen LogP contribution in [-0.4, -0.2) is 25.3 Å². The SMILES string of the molecule is Cc1ccc(C(=O)N(Cc2cccc(OS(=O)(=O)c3cccc(C(F)(F)F)c3)c2)C(C)C)cc1. The highest BCUT2D eigenvalue weighted by Gasteiger charge is 2.32. The summed E-state index contributed by atoms with van der Waals surface area (Å²) in [6.45, 7) is 5.84.